The van der Waals surface area contributed by atoms with Gasteiger partial charge in [-0.25, -0.2) is 9.59 Å². The molecule has 3 fully saturated rings. The zero-order valence-electron chi connectivity index (χ0n) is 13.7. The van der Waals surface area contributed by atoms with Gasteiger partial charge in [-0.2, -0.15) is 0 Å². The first-order valence-electron chi connectivity index (χ1n) is 9.03. The van der Waals surface area contributed by atoms with Crippen molar-refractivity contribution in [1.82, 2.24) is 4.90 Å². The smallest absolute Gasteiger partial charge is 0.345 e. The summed E-state index contributed by atoms with van der Waals surface area (Å²) < 4.78 is 10.8. The molecule has 126 valence electrons. The van der Waals surface area contributed by atoms with Crippen LogP contribution in [0.15, 0.2) is 11.6 Å². The average molecular weight is 319 g/mol. The molecule has 0 aromatic carbocycles. The normalized spacial score (nSPS) is 39.6. The summed E-state index contributed by atoms with van der Waals surface area (Å²) >= 11 is 0. The van der Waals surface area contributed by atoms with E-state index in [2.05, 4.69) is 4.90 Å². The van der Waals surface area contributed by atoms with Gasteiger partial charge in [0.2, 0.25) is 0 Å². The van der Waals surface area contributed by atoms with Crippen molar-refractivity contribution in [2.24, 2.45) is 17.8 Å². The summed E-state index contributed by atoms with van der Waals surface area (Å²) in [6, 6.07) is 0.573. The fourth-order valence-electron chi connectivity index (χ4n) is 5.34. The molecule has 0 aromatic heterocycles. The van der Waals surface area contributed by atoms with Gasteiger partial charge in [0.05, 0.1) is 6.61 Å². The number of carbonyl (C=O) groups excluding carboxylic acids is 2. The molecular weight excluding hydrogens is 294 g/mol. The summed E-state index contributed by atoms with van der Waals surface area (Å²) in [5, 5.41) is 0. The van der Waals surface area contributed by atoms with Gasteiger partial charge in [0.1, 0.15) is 11.7 Å². The van der Waals surface area contributed by atoms with Crippen LogP contribution in [0.5, 0.6) is 0 Å². The molecule has 1 aliphatic carbocycles. The summed E-state index contributed by atoms with van der Waals surface area (Å²) in [7, 11) is 0. The van der Waals surface area contributed by atoms with Crippen molar-refractivity contribution in [3.63, 3.8) is 0 Å². The average Bonchev–Trinajstić information content (AvgIpc) is 2.56. The van der Waals surface area contributed by atoms with Gasteiger partial charge in [0.25, 0.3) is 0 Å². The van der Waals surface area contributed by atoms with Gasteiger partial charge in [0.15, 0.2) is 0 Å². The molecule has 3 heterocycles. The molecule has 0 aromatic rings. The lowest BCUT2D eigenvalue weighted by Crippen LogP contribution is -2.61. The number of nitrogens with zero attached hydrogens (tertiary/aromatic N) is 1. The Labute approximate surface area is 137 Å². The quantitative estimate of drug-likeness (QED) is 0.575. The van der Waals surface area contributed by atoms with Crippen molar-refractivity contribution in [2.45, 2.75) is 51.2 Å². The zero-order valence-corrected chi connectivity index (χ0v) is 13.7. The van der Waals surface area contributed by atoms with Gasteiger partial charge in [-0.15, -0.1) is 0 Å². The molecule has 5 nitrogen and oxygen atoms in total. The Balaban J connectivity index is 1.62. The number of hydrogen-bond donors (Lipinski definition) is 0. The Kier molecular flexibility index (Phi) is 3.92. The molecule has 2 saturated heterocycles. The van der Waals surface area contributed by atoms with E-state index in [0.29, 0.717) is 17.9 Å². The van der Waals surface area contributed by atoms with Crippen molar-refractivity contribution in [3.8, 4) is 0 Å². The molecule has 0 radical (unpaired) electrons. The number of fused-ring (bicyclic) bond motifs is 2. The number of piperidine rings is 2. The monoisotopic (exact) mass is 319 g/mol. The van der Waals surface area contributed by atoms with Crippen molar-refractivity contribution in [3.05, 3.63) is 11.6 Å². The van der Waals surface area contributed by atoms with E-state index in [4.69, 9.17) is 9.47 Å². The van der Waals surface area contributed by atoms with Crippen LogP contribution in [0.3, 0.4) is 0 Å². The largest absolute Gasteiger partial charge is 0.462 e. The van der Waals surface area contributed by atoms with Gasteiger partial charge in [-0.1, -0.05) is 6.08 Å². The van der Waals surface area contributed by atoms with Crippen LogP contribution in [0, 0.1) is 17.8 Å². The Hall–Kier alpha value is -1.36. The molecule has 5 heteroatoms. The molecule has 0 spiro atoms. The Morgan fingerprint density at radius 1 is 1.35 bits per heavy atom. The SMILES string of the molecule is CCOC(=O)C1=CC2CC3CCCN4CCCC(C2OC1=O)C34. The standard InChI is InChI=1S/C18H25NO4/c1-2-22-17(20)14-10-12-9-11-5-3-7-19-8-4-6-13(15(11)19)16(12)23-18(14)21/h10-13,15-16H,2-9H2,1H3. The van der Waals surface area contributed by atoms with Crippen LogP contribution in [0.25, 0.3) is 0 Å². The van der Waals surface area contributed by atoms with Crippen LogP contribution >= 0.6 is 0 Å². The first kappa shape index (κ1) is 15.2. The molecule has 5 atom stereocenters. The van der Waals surface area contributed by atoms with Crippen LogP contribution in [0.2, 0.25) is 0 Å². The zero-order chi connectivity index (χ0) is 16.0. The summed E-state index contributed by atoms with van der Waals surface area (Å²) in [5.74, 6) is 0.253. The van der Waals surface area contributed by atoms with Crippen LogP contribution in [-0.4, -0.2) is 48.7 Å². The highest BCUT2D eigenvalue weighted by molar-refractivity contribution is 6.14. The topological polar surface area (TPSA) is 55.8 Å². The Morgan fingerprint density at radius 3 is 2.91 bits per heavy atom. The molecule has 3 aliphatic heterocycles. The minimum absolute atomic E-state index is 0.0529. The minimum atomic E-state index is -0.535. The molecule has 4 rings (SSSR count). The van der Waals surface area contributed by atoms with Crippen LogP contribution in [0.4, 0.5) is 0 Å². The van der Waals surface area contributed by atoms with E-state index in [1.165, 1.54) is 32.4 Å². The molecule has 5 unspecified atom stereocenters. The Morgan fingerprint density at radius 2 is 2.13 bits per heavy atom. The maximum Gasteiger partial charge on any atom is 0.345 e. The maximum atomic E-state index is 12.3. The molecular formula is C18H25NO4. The van der Waals surface area contributed by atoms with E-state index >= 15 is 0 Å². The van der Waals surface area contributed by atoms with Gasteiger partial charge >= 0.3 is 11.9 Å². The predicted molar refractivity (Wildman–Crippen MR) is 83.5 cm³/mol. The van der Waals surface area contributed by atoms with Gasteiger partial charge < -0.3 is 9.47 Å². The third-order valence-electron chi connectivity index (χ3n) is 6.10. The van der Waals surface area contributed by atoms with E-state index in [1.54, 1.807) is 6.92 Å². The van der Waals surface area contributed by atoms with Crippen molar-refractivity contribution < 1.29 is 19.1 Å². The van der Waals surface area contributed by atoms with Crippen LogP contribution < -0.4 is 0 Å². The molecule has 4 aliphatic rings. The number of carbonyl (C=O) groups is 2. The third kappa shape index (κ3) is 2.49. The van der Waals surface area contributed by atoms with Crippen molar-refractivity contribution >= 4 is 11.9 Å². The fraction of sp³-hybridized carbons (Fsp3) is 0.778. The van der Waals surface area contributed by atoms with E-state index in [-0.39, 0.29) is 24.2 Å². The highest BCUT2D eigenvalue weighted by atomic mass is 16.6. The Bertz CT molecular complexity index is 541. The third-order valence-corrected chi connectivity index (χ3v) is 6.10. The van der Waals surface area contributed by atoms with Crippen molar-refractivity contribution in [1.29, 1.82) is 0 Å². The first-order chi connectivity index (χ1) is 11.2. The second-order valence-corrected chi connectivity index (χ2v) is 7.31. The second kappa shape index (κ2) is 5.93. The summed E-state index contributed by atoms with van der Waals surface area (Å²) in [4.78, 5) is 26.9. The van der Waals surface area contributed by atoms with Crippen LogP contribution in [0.1, 0.15) is 39.0 Å². The summed E-state index contributed by atoms with van der Waals surface area (Å²) in [6.07, 6.45) is 7.67. The van der Waals surface area contributed by atoms with Gasteiger partial charge in [-0.05, 0) is 58.0 Å². The van der Waals surface area contributed by atoms with E-state index in [0.717, 1.165) is 12.8 Å². The van der Waals surface area contributed by atoms with Gasteiger partial charge in [0, 0.05) is 17.9 Å². The number of esters is 2. The highest BCUT2D eigenvalue weighted by Crippen LogP contribution is 2.48. The minimum Gasteiger partial charge on any atom is -0.462 e. The van der Waals surface area contributed by atoms with E-state index in [1.807, 2.05) is 6.08 Å². The van der Waals surface area contributed by atoms with Gasteiger partial charge in [-0.3, -0.25) is 4.90 Å². The van der Waals surface area contributed by atoms with E-state index in [9.17, 15) is 9.59 Å². The summed E-state index contributed by atoms with van der Waals surface area (Å²) in [5.41, 5.74) is 0.107. The number of ether oxygens (including phenoxy) is 2. The molecule has 0 amide bonds. The molecule has 0 N–H and O–H groups in total. The van der Waals surface area contributed by atoms with Crippen LogP contribution in [-0.2, 0) is 19.1 Å². The first-order valence-corrected chi connectivity index (χ1v) is 9.03. The number of hydrogen-bond acceptors (Lipinski definition) is 5. The molecule has 0 bridgehead atoms. The lowest BCUT2D eigenvalue weighted by atomic mass is 9.63. The molecule has 23 heavy (non-hydrogen) atoms. The second-order valence-electron chi connectivity index (χ2n) is 7.31. The van der Waals surface area contributed by atoms with Crippen molar-refractivity contribution in [2.75, 3.05) is 19.7 Å². The van der Waals surface area contributed by atoms with E-state index < -0.39 is 11.9 Å². The lowest BCUT2D eigenvalue weighted by Gasteiger charge is -2.56. The number of rotatable bonds is 2. The fourth-order valence-corrected chi connectivity index (χ4v) is 5.34. The molecule has 1 saturated carbocycles. The highest BCUT2D eigenvalue weighted by Gasteiger charge is 2.52. The predicted octanol–water partition coefficient (Wildman–Crippen LogP) is 1.91. The summed E-state index contributed by atoms with van der Waals surface area (Å²) in [6.45, 7) is 4.40. The maximum absolute atomic E-state index is 12.3. The lowest BCUT2D eigenvalue weighted by molar-refractivity contribution is -0.168.